The normalized spacial score (nSPS) is 15.7. The Hall–Kier alpha value is -4.06. The zero-order chi connectivity index (χ0) is 22.7. The second-order valence-corrected chi connectivity index (χ2v) is 8.85. The summed E-state index contributed by atoms with van der Waals surface area (Å²) in [7, 11) is 3.57. The molecule has 3 heterocycles. The predicted octanol–water partition coefficient (Wildman–Crippen LogP) is 4.35. The Morgan fingerprint density at radius 2 is 1.67 bits per heavy atom. The van der Waals surface area contributed by atoms with E-state index < -0.39 is 0 Å². The molecule has 6 nitrogen and oxygen atoms in total. The van der Waals surface area contributed by atoms with Gasteiger partial charge in [0.1, 0.15) is 0 Å². The van der Waals surface area contributed by atoms with Crippen LogP contribution >= 0.6 is 0 Å². The number of fused-ring (bicyclic) bond motifs is 1. The molecule has 164 valence electrons. The number of hydrogen-bond donors (Lipinski definition) is 1. The van der Waals surface area contributed by atoms with Crippen molar-refractivity contribution in [3.63, 3.8) is 0 Å². The second-order valence-electron chi connectivity index (χ2n) is 8.85. The Labute approximate surface area is 190 Å². The third kappa shape index (κ3) is 3.02. The molecule has 1 atom stereocenters. The van der Waals surface area contributed by atoms with Crippen LogP contribution in [0.15, 0.2) is 77.7 Å². The number of benzene rings is 3. The number of carbonyl (C=O) groups is 1. The summed E-state index contributed by atoms with van der Waals surface area (Å²) in [5.41, 5.74) is 7.06. The molecule has 0 bridgehead atoms. The summed E-state index contributed by atoms with van der Waals surface area (Å²) in [5.74, 6) is -0.103. The Balaban J connectivity index is 1.56. The van der Waals surface area contributed by atoms with Crippen LogP contribution in [0.2, 0.25) is 0 Å². The molecule has 1 N–H and O–H groups in total. The standard InChI is InChI=1S/C27H24N4O2/c1-29-22-12-11-18(13-24(22)30(2)27(29)33)19-14-25(32)28-21-9-6-10-23-26(21)20(19)16-31(23)15-17-7-4-3-5-8-17/h3-13,16,19H,14-15H2,1-2H3,(H,28,32)/t19-/m0/s1. The molecule has 5 aromatic rings. The third-order valence-corrected chi connectivity index (χ3v) is 6.87. The first kappa shape index (κ1) is 19.6. The Morgan fingerprint density at radius 3 is 2.48 bits per heavy atom. The van der Waals surface area contributed by atoms with Crippen LogP contribution in [0.5, 0.6) is 0 Å². The van der Waals surface area contributed by atoms with Crippen LogP contribution in [-0.4, -0.2) is 19.6 Å². The summed E-state index contributed by atoms with van der Waals surface area (Å²) in [6.07, 6.45) is 2.55. The number of rotatable bonds is 3. The molecule has 0 saturated carbocycles. The molecule has 0 radical (unpaired) electrons. The van der Waals surface area contributed by atoms with Crippen molar-refractivity contribution in [3.8, 4) is 0 Å². The van der Waals surface area contributed by atoms with Crippen LogP contribution in [0.25, 0.3) is 21.9 Å². The van der Waals surface area contributed by atoms with Crippen molar-refractivity contribution in [2.24, 2.45) is 14.1 Å². The van der Waals surface area contributed by atoms with Crippen LogP contribution in [0.1, 0.15) is 29.0 Å². The molecule has 3 aromatic carbocycles. The van der Waals surface area contributed by atoms with E-state index in [1.807, 2.05) is 30.3 Å². The molecule has 0 unspecified atom stereocenters. The Kier molecular flexibility index (Phi) is 4.30. The van der Waals surface area contributed by atoms with Gasteiger partial charge in [0, 0.05) is 44.6 Å². The van der Waals surface area contributed by atoms with Crippen LogP contribution in [0.4, 0.5) is 5.69 Å². The van der Waals surface area contributed by atoms with Gasteiger partial charge >= 0.3 is 5.69 Å². The maximum absolute atomic E-state index is 12.9. The number of nitrogens with zero attached hydrogens (tertiary/aromatic N) is 3. The van der Waals surface area contributed by atoms with Gasteiger partial charge in [0.25, 0.3) is 0 Å². The minimum atomic E-state index is -0.104. The summed E-state index contributed by atoms with van der Waals surface area (Å²) in [6, 6.07) is 22.6. The first-order valence-corrected chi connectivity index (χ1v) is 11.1. The summed E-state index contributed by atoms with van der Waals surface area (Å²) < 4.78 is 5.59. The van der Waals surface area contributed by atoms with Gasteiger partial charge in [-0.25, -0.2) is 4.79 Å². The van der Waals surface area contributed by atoms with Crippen LogP contribution in [0.3, 0.4) is 0 Å². The molecule has 6 heteroatoms. The molecule has 1 aliphatic rings. The van der Waals surface area contributed by atoms with E-state index >= 15 is 0 Å². The molecule has 1 aliphatic heterocycles. The number of nitrogens with one attached hydrogen (secondary N) is 1. The van der Waals surface area contributed by atoms with Gasteiger partial charge < -0.3 is 9.88 Å². The number of hydrogen-bond acceptors (Lipinski definition) is 2. The molecule has 1 amide bonds. The van der Waals surface area contributed by atoms with E-state index in [9.17, 15) is 9.59 Å². The predicted molar refractivity (Wildman–Crippen MR) is 131 cm³/mol. The monoisotopic (exact) mass is 436 g/mol. The fourth-order valence-electron chi connectivity index (χ4n) is 5.20. The fraction of sp³-hybridized carbons (Fsp3) is 0.185. The zero-order valence-electron chi connectivity index (χ0n) is 18.6. The molecular formula is C27H24N4O2. The average Bonchev–Trinajstić information content (AvgIpc) is 3.23. The van der Waals surface area contributed by atoms with Gasteiger partial charge in [0.2, 0.25) is 5.91 Å². The molecule has 0 saturated heterocycles. The topological polar surface area (TPSA) is 61.0 Å². The van der Waals surface area contributed by atoms with Crippen molar-refractivity contribution in [2.45, 2.75) is 18.9 Å². The van der Waals surface area contributed by atoms with Gasteiger partial charge in [-0.05, 0) is 41.0 Å². The van der Waals surface area contributed by atoms with E-state index in [-0.39, 0.29) is 17.5 Å². The Bertz CT molecular complexity index is 1600. The van der Waals surface area contributed by atoms with Gasteiger partial charge in [-0.1, -0.05) is 42.5 Å². The molecule has 0 fully saturated rings. The van der Waals surface area contributed by atoms with Crippen LogP contribution < -0.4 is 11.0 Å². The third-order valence-electron chi connectivity index (χ3n) is 6.87. The van der Waals surface area contributed by atoms with E-state index in [1.54, 1.807) is 23.2 Å². The SMILES string of the molecule is Cn1c(=O)n(C)c2cc([C@@H]3CC(=O)Nc4cccc5c4c3cn5Cc3ccccc3)ccc21. The molecule has 33 heavy (non-hydrogen) atoms. The highest BCUT2D eigenvalue weighted by atomic mass is 16.2. The first-order valence-electron chi connectivity index (χ1n) is 11.1. The number of carbonyl (C=O) groups excluding carboxylic acids is 1. The molecule has 2 aromatic heterocycles. The fourth-order valence-corrected chi connectivity index (χ4v) is 5.20. The summed E-state index contributed by atoms with van der Waals surface area (Å²) in [4.78, 5) is 25.3. The quantitative estimate of drug-likeness (QED) is 0.457. The summed E-state index contributed by atoms with van der Waals surface area (Å²) >= 11 is 0. The number of imidazole rings is 1. The largest absolute Gasteiger partial charge is 0.343 e. The summed E-state index contributed by atoms with van der Waals surface area (Å²) in [5, 5.41) is 4.20. The van der Waals surface area contributed by atoms with Crippen LogP contribution in [-0.2, 0) is 25.4 Å². The van der Waals surface area contributed by atoms with Gasteiger partial charge in [-0.2, -0.15) is 0 Å². The maximum Gasteiger partial charge on any atom is 0.328 e. The van der Waals surface area contributed by atoms with Crippen molar-refractivity contribution in [1.82, 2.24) is 13.7 Å². The van der Waals surface area contributed by atoms with Gasteiger partial charge in [0.05, 0.1) is 22.2 Å². The number of amides is 1. The zero-order valence-corrected chi connectivity index (χ0v) is 18.6. The minimum Gasteiger partial charge on any atom is -0.343 e. The Morgan fingerprint density at radius 1 is 0.879 bits per heavy atom. The molecule has 0 spiro atoms. The van der Waals surface area contributed by atoms with Gasteiger partial charge in [-0.3, -0.25) is 13.9 Å². The van der Waals surface area contributed by atoms with Gasteiger partial charge in [0.15, 0.2) is 0 Å². The highest BCUT2D eigenvalue weighted by molar-refractivity contribution is 6.06. The van der Waals surface area contributed by atoms with Crippen molar-refractivity contribution in [2.75, 3.05) is 5.32 Å². The average molecular weight is 437 g/mol. The van der Waals surface area contributed by atoms with E-state index in [2.05, 4.69) is 52.5 Å². The lowest BCUT2D eigenvalue weighted by Gasteiger charge is -2.15. The van der Waals surface area contributed by atoms with Crippen molar-refractivity contribution in [1.29, 1.82) is 0 Å². The van der Waals surface area contributed by atoms with E-state index in [1.165, 1.54) is 5.56 Å². The number of anilines is 1. The lowest BCUT2D eigenvalue weighted by molar-refractivity contribution is -0.116. The van der Waals surface area contributed by atoms with Crippen molar-refractivity contribution in [3.05, 3.63) is 100 Å². The maximum atomic E-state index is 12.9. The second kappa shape index (κ2) is 7.24. The summed E-state index contributed by atoms with van der Waals surface area (Å²) in [6.45, 7) is 0.758. The molecule has 6 rings (SSSR count). The van der Waals surface area contributed by atoms with E-state index in [0.29, 0.717) is 6.42 Å². The lowest BCUT2D eigenvalue weighted by atomic mass is 9.88. The van der Waals surface area contributed by atoms with Crippen molar-refractivity contribution < 1.29 is 4.79 Å². The lowest BCUT2D eigenvalue weighted by Crippen LogP contribution is -2.19. The highest BCUT2D eigenvalue weighted by Gasteiger charge is 2.28. The minimum absolute atomic E-state index is 0.000330. The van der Waals surface area contributed by atoms with Crippen molar-refractivity contribution >= 4 is 33.5 Å². The first-order chi connectivity index (χ1) is 16.0. The number of aromatic nitrogens is 3. The number of aryl methyl sites for hydroxylation is 2. The molecule has 0 aliphatic carbocycles. The smallest absolute Gasteiger partial charge is 0.328 e. The van der Waals surface area contributed by atoms with Crippen LogP contribution in [0, 0.1) is 0 Å². The van der Waals surface area contributed by atoms with Gasteiger partial charge in [-0.15, -0.1) is 0 Å². The van der Waals surface area contributed by atoms with E-state index in [0.717, 1.165) is 45.3 Å². The highest BCUT2D eigenvalue weighted by Crippen LogP contribution is 2.41. The van der Waals surface area contributed by atoms with E-state index in [4.69, 9.17) is 0 Å². The molecular weight excluding hydrogens is 412 g/mol.